The summed E-state index contributed by atoms with van der Waals surface area (Å²) in [5.74, 6) is -1.27. The maximum Gasteiger partial charge on any atom is 0.326 e. The van der Waals surface area contributed by atoms with Crippen LogP contribution in [0.5, 0.6) is 0 Å². The van der Waals surface area contributed by atoms with Crippen LogP contribution in [0.3, 0.4) is 0 Å². The molecular formula is C25H22N2O3. The Kier molecular flexibility index (Phi) is 4.51. The number of H-pyrrole nitrogens is 1. The van der Waals surface area contributed by atoms with E-state index < -0.39 is 12.0 Å². The third-order valence-electron chi connectivity index (χ3n) is 6.19. The number of carboxylic acids is 1. The second-order valence-corrected chi connectivity index (χ2v) is 7.96. The molecule has 0 spiro atoms. The van der Waals surface area contributed by atoms with Crippen molar-refractivity contribution in [1.29, 1.82) is 0 Å². The summed E-state index contributed by atoms with van der Waals surface area (Å²) in [5, 5.41) is 13.1. The van der Waals surface area contributed by atoms with Gasteiger partial charge < -0.3 is 15.0 Å². The van der Waals surface area contributed by atoms with Gasteiger partial charge >= 0.3 is 5.97 Å². The van der Waals surface area contributed by atoms with E-state index in [-0.39, 0.29) is 11.8 Å². The van der Waals surface area contributed by atoms with Gasteiger partial charge in [-0.3, -0.25) is 4.79 Å². The normalized spacial score (nSPS) is 18.9. The number of aromatic nitrogens is 1. The number of carboxylic acid groups (broad SMARTS) is 1. The van der Waals surface area contributed by atoms with E-state index in [1.807, 2.05) is 66.9 Å². The van der Waals surface area contributed by atoms with Gasteiger partial charge in [0.15, 0.2) is 0 Å². The molecule has 1 aliphatic heterocycles. The Balaban J connectivity index is 1.42. The lowest BCUT2D eigenvalue weighted by atomic mass is 9.92. The van der Waals surface area contributed by atoms with Gasteiger partial charge in [-0.25, -0.2) is 4.79 Å². The maximum absolute atomic E-state index is 13.2. The first kappa shape index (κ1) is 18.4. The van der Waals surface area contributed by atoms with Crippen LogP contribution in [-0.4, -0.2) is 39.5 Å². The van der Waals surface area contributed by atoms with Gasteiger partial charge in [-0.2, -0.15) is 0 Å². The topological polar surface area (TPSA) is 73.4 Å². The van der Waals surface area contributed by atoms with Crippen LogP contribution in [0, 0.1) is 5.92 Å². The molecule has 1 amide bonds. The molecule has 0 saturated carbocycles. The molecule has 1 saturated heterocycles. The van der Waals surface area contributed by atoms with E-state index in [0.717, 1.165) is 27.2 Å². The summed E-state index contributed by atoms with van der Waals surface area (Å²) >= 11 is 0. The molecule has 30 heavy (non-hydrogen) atoms. The van der Waals surface area contributed by atoms with Crippen molar-refractivity contribution in [2.24, 2.45) is 5.92 Å². The summed E-state index contributed by atoms with van der Waals surface area (Å²) in [4.78, 5) is 30.2. The van der Waals surface area contributed by atoms with Crippen molar-refractivity contribution in [3.63, 3.8) is 0 Å². The Labute approximate surface area is 173 Å². The van der Waals surface area contributed by atoms with Crippen molar-refractivity contribution >= 4 is 33.6 Å². The first-order valence-electron chi connectivity index (χ1n) is 10.2. The fourth-order valence-electron chi connectivity index (χ4n) is 4.70. The predicted molar refractivity (Wildman–Crippen MR) is 117 cm³/mol. The van der Waals surface area contributed by atoms with Gasteiger partial charge in [0.25, 0.3) is 5.91 Å². The molecule has 0 unspecified atom stereocenters. The molecule has 5 rings (SSSR count). The molecular weight excluding hydrogens is 376 g/mol. The first-order valence-corrected chi connectivity index (χ1v) is 10.2. The average molecular weight is 398 g/mol. The van der Waals surface area contributed by atoms with Crippen LogP contribution in [0.2, 0.25) is 0 Å². The second kappa shape index (κ2) is 7.34. The largest absolute Gasteiger partial charge is 0.480 e. The number of benzene rings is 3. The van der Waals surface area contributed by atoms with Gasteiger partial charge in [-0.15, -0.1) is 0 Å². The highest BCUT2D eigenvalue weighted by molar-refractivity contribution is 6.00. The standard InChI is InChI=1S/C25H22N2O3/c28-24(19-10-9-16-5-1-2-6-17(16)13-19)27-12-11-18(23(27)25(29)30)14-20-15-26-22-8-4-3-7-21(20)22/h1-10,13,15,18,23,26H,11-12,14H2,(H,29,30)/t18-,23-/m1/s1. The number of rotatable bonds is 4. The SMILES string of the molecule is O=C(O)[C@H]1[C@@H](Cc2c[nH]c3ccccc23)CCN1C(=O)c1ccc2ccccc2c1. The zero-order chi connectivity index (χ0) is 20.7. The van der Waals surface area contributed by atoms with E-state index in [0.29, 0.717) is 24.9 Å². The molecule has 1 aliphatic rings. The molecule has 0 aliphatic carbocycles. The summed E-state index contributed by atoms with van der Waals surface area (Å²) in [6, 6.07) is 20.6. The highest BCUT2D eigenvalue weighted by Gasteiger charge is 2.42. The summed E-state index contributed by atoms with van der Waals surface area (Å²) < 4.78 is 0. The monoisotopic (exact) mass is 398 g/mol. The maximum atomic E-state index is 13.2. The molecule has 1 fully saturated rings. The van der Waals surface area contributed by atoms with E-state index in [1.54, 1.807) is 6.07 Å². The number of para-hydroxylation sites is 1. The molecule has 4 aromatic rings. The molecule has 5 heteroatoms. The highest BCUT2D eigenvalue weighted by Crippen LogP contribution is 2.32. The van der Waals surface area contributed by atoms with Crippen LogP contribution in [0.4, 0.5) is 0 Å². The van der Waals surface area contributed by atoms with Gasteiger partial charge in [0.1, 0.15) is 6.04 Å². The van der Waals surface area contributed by atoms with Crippen LogP contribution >= 0.6 is 0 Å². The number of carbonyl (C=O) groups excluding carboxylic acids is 1. The Hall–Kier alpha value is -3.60. The number of nitrogens with one attached hydrogen (secondary N) is 1. The van der Waals surface area contributed by atoms with Crippen molar-refractivity contribution in [1.82, 2.24) is 9.88 Å². The van der Waals surface area contributed by atoms with Crippen LogP contribution in [0.25, 0.3) is 21.7 Å². The van der Waals surface area contributed by atoms with Crippen molar-refractivity contribution in [3.05, 3.63) is 84.1 Å². The molecule has 2 heterocycles. The van der Waals surface area contributed by atoms with E-state index in [4.69, 9.17) is 0 Å². The van der Waals surface area contributed by atoms with Crippen LogP contribution in [-0.2, 0) is 11.2 Å². The van der Waals surface area contributed by atoms with Gasteiger partial charge in [-0.1, -0.05) is 48.5 Å². The number of aliphatic carboxylic acids is 1. The lowest BCUT2D eigenvalue weighted by Gasteiger charge is -2.25. The van der Waals surface area contributed by atoms with Crippen molar-refractivity contribution in [2.45, 2.75) is 18.9 Å². The number of fused-ring (bicyclic) bond motifs is 2. The molecule has 5 nitrogen and oxygen atoms in total. The zero-order valence-corrected chi connectivity index (χ0v) is 16.4. The number of hydrogen-bond acceptors (Lipinski definition) is 2. The summed E-state index contributed by atoms with van der Waals surface area (Å²) in [6.45, 7) is 0.454. The fourth-order valence-corrected chi connectivity index (χ4v) is 4.70. The molecule has 2 atom stereocenters. The van der Waals surface area contributed by atoms with Crippen LogP contribution in [0.1, 0.15) is 22.3 Å². The summed E-state index contributed by atoms with van der Waals surface area (Å²) in [7, 11) is 0. The first-order chi connectivity index (χ1) is 14.6. The van der Waals surface area contributed by atoms with Crippen molar-refractivity contribution in [2.75, 3.05) is 6.54 Å². The minimum absolute atomic E-state index is 0.119. The quantitative estimate of drug-likeness (QED) is 0.532. The van der Waals surface area contributed by atoms with Crippen molar-refractivity contribution < 1.29 is 14.7 Å². The molecule has 3 aromatic carbocycles. The highest BCUT2D eigenvalue weighted by atomic mass is 16.4. The molecule has 1 aromatic heterocycles. The minimum atomic E-state index is -0.938. The van der Waals surface area contributed by atoms with Gasteiger partial charge in [0, 0.05) is 29.2 Å². The smallest absolute Gasteiger partial charge is 0.326 e. The van der Waals surface area contributed by atoms with Gasteiger partial charge in [0.2, 0.25) is 0 Å². The van der Waals surface area contributed by atoms with E-state index in [1.165, 1.54) is 4.90 Å². The zero-order valence-electron chi connectivity index (χ0n) is 16.4. The molecule has 2 N–H and O–H groups in total. The minimum Gasteiger partial charge on any atom is -0.480 e. The summed E-state index contributed by atoms with van der Waals surface area (Å²) in [6.07, 6.45) is 3.26. The van der Waals surface area contributed by atoms with Crippen molar-refractivity contribution in [3.8, 4) is 0 Å². The second-order valence-electron chi connectivity index (χ2n) is 7.96. The van der Waals surface area contributed by atoms with E-state index >= 15 is 0 Å². The number of aromatic amines is 1. The van der Waals surface area contributed by atoms with Gasteiger partial charge in [0.05, 0.1) is 0 Å². The van der Waals surface area contributed by atoms with Gasteiger partial charge in [-0.05, 0) is 53.3 Å². The lowest BCUT2D eigenvalue weighted by Crippen LogP contribution is -2.43. The number of nitrogens with zero attached hydrogens (tertiary/aromatic N) is 1. The van der Waals surface area contributed by atoms with E-state index in [2.05, 4.69) is 4.98 Å². The number of hydrogen-bond donors (Lipinski definition) is 2. The van der Waals surface area contributed by atoms with Crippen LogP contribution < -0.4 is 0 Å². The molecule has 0 radical (unpaired) electrons. The Morgan fingerprint density at radius 1 is 1.00 bits per heavy atom. The molecule has 0 bridgehead atoms. The van der Waals surface area contributed by atoms with Crippen LogP contribution in [0.15, 0.2) is 72.9 Å². The average Bonchev–Trinajstić information content (AvgIpc) is 3.38. The molecule has 150 valence electrons. The third kappa shape index (κ3) is 3.12. The van der Waals surface area contributed by atoms with E-state index in [9.17, 15) is 14.7 Å². The Bertz CT molecular complexity index is 1260. The lowest BCUT2D eigenvalue weighted by molar-refractivity contribution is -0.142. The number of likely N-dealkylation sites (tertiary alicyclic amines) is 1. The fraction of sp³-hybridized carbons (Fsp3) is 0.200. The summed E-state index contributed by atoms with van der Waals surface area (Å²) in [5.41, 5.74) is 2.68. The predicted octanol–water partition coefficient (Wildman–Crippen LogP) is 4.48. The number of carbonyl (C=O) groups is 2. The third-order valence-corrected chi connectivity index (χ3v) is 6.19. The Morgan fingerprint density at radius 2 is 1.77 bits per heavy atom. The number of amides is 1. The Morgan fingerprint density at radius 3 is 2.60 bits per heavy atom.